The first-order valence-corrected chi connectivity index (χ1v) is 12.8. The minimum absolute atomic E-state index is 0.0713. The molecular weight excluding hydrogens is 459 g/mol. The first-order chi connectivity index (χ1) is 17.3. The molecule has 3 N–H and O–H groups in total. The number of likely N-dealkylation sites (tertiary alicyclic amines) is 1. The van der Waals surface area contributed by atoms with Crippen molar-refractivity contribution in [1.29, 1.82) is 0 Å². The van der Waals surface area contributed by atoms with Crippen LogP contribution in [0.25, 0.3) is 0 Å². The lowest BCUT2D eigenvalue weighted by Gasteiger charge is -2.43. The van der Waals surface area contributed by atoms with Crippen LogP contribution in [0, 0.1) is 17.7 Å². The van der Waals surface area contributed by atoms with Gasteiger partial charge in [-0.15, -0.1) is 0 Å². The smallest absolute Gasteiger partial charge is 0.238 e. The van der Waals surface area contributed by atoms with Gasteiger partial charge in [-0.3, -0.25) is 19.4 Å². The van der Waals surface area contributed by atoms with E-state index in [1.807, 2.05) is 4.90 Å². The minimum atomic E-state index is -1.16. The van der Waals surface area contributed by atoms with Gasteiger partial charge in [0.25, 0.3) is 0 Å². The fraction of sp³-hybridized carbons (Fsp3) is 0.500. The number of hydrogen-bond donors (Lipinski definition) is 2. The molecule has 1 saturated carbocycles. The maximum absolute atomic E-state index is 14.2. The van der Waals surface area contributed by atoms with Crippen LogP contribution < -0.4 is 11.1 Å². The van der Waals surface area contributed by atoms with Crippen molar-refractivity contribution in [2.45, 2.75) is 63.5 Å². The van der Waals surface area contributed by atoms with Crippen LogP contribution in [0.1, 0.15) is 79.4 Å². The molecule has 36 heavy (non-hydrogen) atoms. The fourth-order valence-corrected chi connectivity index (χ4v) is 5.91. The Hall–Kier alpha value is -3.13. The normalized spacial score (nSPS) is 21.1. The number of rotatable bonds is 8. The van der Waals surface area contributed by atoms with E-state index in [9.17, 15) is 18.8 Å². The number of nitrogens with one attached hydrogen (secondary N) is 1. The summed E-state index contributed by atoms with van der Waals surface area (Å²) >= 11 is 0. The van der Waals surface area contributed by atoms with E-state index in [0.29, 0.717) is 17.7 Å². The van der Waals surface area contributed by atoms with E-state index in [1.165, 1.54) is 30.5 Å². The summed E-state index contributed by atoms with van der Waals surface area (Å²) in [5, 5.41) is 3.07. The molecule has 8 heteroatoms. The number of amides is 2. The van der Waals surface area contributed by atoms with Gasteiger partial charge in [0.15, 0.2) is 5.78 Å². The molecule has 0 radical (unpaired) electrons. The lowest BCUT2D eigenvalue weighted by atomic mass is 9.69. The molecule has 2 heterocycles. The predicted molar refractivity (Wildman–Crippen MR) is 134 cm³/mol. The maximum Gasteiger partial charge on any atom is 0.238 e. The van der Waals surface area contributed by atoms with E-state index in [-0.39, 0.29) is 23.7 Å². The molecule has 0 bridgehead atoms. The van der Waals surface area contributed by atoms with Crippen molar-refractivity contribution in [2.75, 3.05) is 13.6 Å². The number of likely N-dealkylation sites (N-methyl/N-ethyl adjacent to an activating group) is 1. The number of pyridine rings is 1. The highest BCUT2D eigenvalue weighted by atomic mass is 19.1. The van der Waals surface area contributed by atoms with Crippen molar-refractivity contribution < 1.29 is 18.8 Å². The zero-order valence-corrected chi connectivity index (χ0v) is 21.0. The summed E-state index contributed by atoms with van der Waals surface area (Å²) in [4.78, 5) is 45.9. The average Bonchev–Trinajstić information content (AvgIpc) is 3.39. The lowest BCUT2D eigenvalue weighted by Crippen LogP contribution is -2.63. The molecule has 0 unspecified atom stereocenters. The number of hydrogen-bond acceptors (Lipinski definition) is 5. The van der Waals surface area contributed by atoms with Crippen molar-refractivity contribution in [3.63, 3.8) is 0 Å². The van der Waals surface area contributed by atoms with E-state index < -0.39 is 23.2 Å². The van der Waals surface area contributed by atoms with Gasteiger partial charge in [-0.25, -0.2) is 4.39 Å². The van der Waals surface area contributed by atoms with Crippen molar-refractivity contribution in [3.8, 4) is 0 Å². The van der Waals surface area contributed by atoms with Gasteiger partial charge < -0.3 is 16.0 Å². The number of nitrogens with two attached hydrogens (primary N) is 1. The van der Waals surface area contributed by atoms with Crippen molar-refractivity contribution in [1.82, 2.24) is 15.2 Å². The van der Waals surface area contributed by atoms with Crippen LogP contribution in [-0.4, -0.2) is 46.6 Å². The van der Waals surface area contributed by atoms with E-state index in [4.69, 9.17) is 5.73 Å². The summed E-state index contributed by atoms with van der Waals surface area (Å²) in [6, 6.07) is 6.94. The van der Waals surface area contributed by atoms with Crippen LogP contribution in [0.2, 0.25) is 0 Å². The number of carbonyl (C=O) groups excluding carboxylic acids is 3. The summed E-state index contributed by atoms with van der Waals surface area (Å²) in [6.45, 7) is 2.31. The molecule has 1 aliphatic heterocycles. The highest BCUT2D eigenvalue weighted by molar-refractivity contribution is 6.08. The first-order valence-electron chi connectivity index (χ1n) is 12.8. The summed E-state index contributed by atoms with van der Waals surface area (Å²) in [7, 11) is 1.68. The Bertz CT molecular complexity index is 1120. The standard InChI is InChI=1S/C28H35FN4O3/c1-28(31-2,27(30)36)24(18-7-4-3-5-8-18)26(35)33-14-6-9-23(33)20-15-21(17-32-16-20)25(34)19-10-12-22(29)13-11-19/h10-13,15-18,23-24,31H,3-9,14H2,1-2H3,(H2,30,36)/t23-,24+,28-/m0/s1. The van der Waals surface area contributed by atoms with Gasteiger partial charge in [-0.05, 0) is 81.5 Å². The molecule has 4 rings (SSSR count). The van der Waals surface area contributed by atoms with E-state index in [2.05, 4.69) is 10.3 Å². The van der Waals surface area contributed by atoms with Crippen molar-refractivity contribution in [2.24, 2.45) is 17.6 Å². The Morgan fingerprint density at radius 2 is 1.75 bits per heavy atom. The number of benzene rings is 1. The molecule has 2 aliphatic rings. The fourth-order valence-electron chi connectivity index (χ4n) is 5.91. The van der Waals surface area contributed by atoms with E-state index >= 15 is 0 Å². The number of halogens is 1. The molecule has 1 aliphatic carbocycles. The molecule has 7 nitrogen and oxygen atoms in total. The Morgan fingerprint density at radius 3 is 2.39 bits per heavy atom. The van der Waals surface area contributed by atoms with E-state index in [0.717, 1.165) is 50.5 Å². The van der Waals surface area contributed by atoms with Gasteiger partial charge in [0.1, 0.15) is 11.4 Å². The molecule has 2 amide bonds. The molecule has 0 spiro atoms. The Balaban J connectivity index is 1.64. The zero-order chi connectivity index (χ0) is 25.9. The molecule has 3 atom stereocenters. The van der Waals surface area contributed by atoms with Crippen LogP contribution in [0.15, 0.2) is 42.7 Å². The highest BCUT2D eigenvalue weighted by Gasteiger charge is 2.50. The molecule has 192 valence electrons. The van der Waals surface area contributed by atoms with Crippen LogP contribution in [0.5, 0.6) is 0 Å². The molecule has 2 fully saturated rings. The van der Waals surface area contributed by atoms with Crippen molar-refractivity contribution >= 4 is 17.6 Å². The Morgan fingerprint density at radius 1 is 1.06 bits per heavy atom. The van der Waals surface area contributed by atoms with Gasteiger partial charge in [0, 0.05) is 30.1 Å². The van der Waals surface area contributed by atoms with Gasteiger partial charge in [0.2, 0.25) is 11.8 Å². The van der Waals surface area contributed by atoms with Crippen LogP contribution in [-0.2, 0) is 9.59 Å². The van der Waals surface area contributed by atoms with Crippen molar-refractivity contribution in [3.05, 3.63) is 65.2 Å². The number of carbonyl (C=O) groups is 3. The maximum atomic E-state index is 14.2. The van der Waals surface area contributed by atoms with Gasteiger partial charge in [0.05, 0.1) is 12.0 Å². The quantitative estimate of drug-likeness (QED) is 0.544. The summed E-state index contributed by atoms with van der Waals surface area (Å²) in [5.41, 5.74) is 6.23. The first kappa shape index (κ1) is 25.9. The molecule has 2 aromatic rings. The predicted octanol–water partition coefficient (Wildman–Crippen LogP) is 3.78. The largest absolute Gasteiger partial charge is 0.368 e. The highest BCUT2D eigenvalue weighted by Crippen LogP contribution is 2.41. The second-order valence-electron chi connectivity index (χ2n) is 10.2. The molecule has 1 saturated heterocycles. The third kappa shape index (κ3) is 5.05. The molecule has 1 aromatic heterocycles. The SMILES string of the molecule is CN[C@](C)(C(N)=O)[C@@H](C(=O)N1CCC[C@H]1c1cncc(C(=O)c2ccc(F)cc2)c1)C1CCCCC1. The van der Waals surface area contributed by atoms with Gasteiger partial charge in [-0.2, -0.15) is 0 Å². The van der Waals surface area contributed by atoms with Gasteiger partial charge >= 0.3 is 0 Å². The zero-order valence-electron chi connectivity index (χ0n) is 21.0. The third-order valence-electron chi connectivity index (χ3n) is 8.09. The third-order valence-corrected chi connectivity index (χ3v) is 8.09. The second kappa shape index (κ2) is 10.9. The molecule has 1 aromatic carbocycles. The number of nitrogens with zero attached hydrogens (tertiary/aromatic N) is 2. The van der Waals surface area contributed by atoms with Crippen LogP contribution >= 0.6 is 0 Å². The van der Waals surface area contributed by atoms with Crippen LogP contribution in [0.3, 0.4) is 0 Å². The summed E-state index contributed by atoms with van der Waals surface area (Å²) in [5.74, 6) is -1.76. The Labute approximate surface area is 211 Å². The summed E-state index contributed by atoms with van der Waals surface area (Å²) in [6.07, 6.45) is 9.73. The van der Waals surface area contributed by atoms with E-state index in [1.54, 1.807) is 26.2 Å². The number of ketones is 1. The minimum Gasteiger partial charge on any atom is -0.368 e. The second-order valence-corrected chi connectivity index (χ2v) is 10.2. The number of primary amides is 1. The average molecular weight is 495 g/mol. The Kier molecular flexibility index (Phi) is 7.83. The van der Waals surface area contributed by atoms with Crippen LogP contribution in [0.4, 0.5) is 4.39 Å². The number of aromatic nitrogens is 1. The lowest BCUT2D eigenvalue weighted by molar-refractivity contribution is -0.147. The molecular formula is C28H35FN4O3. The van der Waals surface area contributed by atoms with Gasteiger partial charge in [-0.1, -0.05) is 19.3 Å². The summed E-state index contributed by atoms with van der Waals surface area (Å²) < 4.78 is 13.3. The topological polar surface area (TPSA) is 105 Å². The monoisotopic (exact) mass is 494 g/mol.